The van der Waals surface area contributed by atoms with Crippen LogP contribution < -0.4 is 5.32 Å². The van der Waals surface area contributed by atoms with Crippen LogP contribution in [-0.4, -0.2) is 74.1 Å². The predicted molar refractivity (Wildman–Crippen MR) is 123 cm³/mol. The van der Waals surface area contributed by atoms with Crippen LogP contribution in [0, 0.1) is 0 Å². The number of nitrogens with zero attached hydrogens (tertiary/aromatic N) is 2. The van der Waals surface area contributed by atoms with Gasteiger partial charge in [-0.25, -0.2) is 8.42 Å². The number of piperidine rings is 1. The number of carbonyl (C=O) groups is 3. The molecule has 1 N–H and O–H groups in total. The van der Waals surface area contributed by atoms with Crippen molar-refractivity contribution < 1.29 is 32.3 Å². The van der Waals surface area contributed by atoms with Gasteiger partial charge in [-0.05, 0) is 41.8 Å². The molecule has 2 saturated heterocycles. The molecular formula is C24H25N3O7S. The summed E-state index contributed by atoms with van der Waals surface area (Å²) >= 11 is 0. The molecule has 5 rings (SSSR count). The maximum Gasteiger partial charge on any atom is 0.249 e. The monoisotopic (exact) mass is 499 g/mol. The Bertz CT molecular complexity index is 1260. The molecule has 10 nitrogen and oxygen atoms in total. The number of nitrogens with one attached hydrogen (secondary N) is 1. The number of sulfonamides is 1. The third-order valence-corrected chi connectivity index (χ3v) is 8.34. The number of fused-ring (bicyclic) bond motifs is 1. The Morgan fingerprint density at radius 2 is 1.80 bits per heavy atom. The fourth-order valence-corrected chi connectivity index (χ4v) is 5.93. The third-order valence-electron chi connectivity index (χ3n) is 6.43. The number of allylic oxidation sites excluding steroid dienone is 2. The molecule has 2 fully saturated rings. The van der Waals surface area contributed by atoms with Crippen LogP contribution in [-0.2, 0) is 40.5 Å². The summed E-state index contributed by atoms with van der Waals surface area (Å²) < 4.78 is 38.1. The maximum absolute atomic E-state index is 12.8. The molecule has 3 heterocycles. The van der Waals surface area contributed by atoms with Crippen LogP contribution in [0.2, 0.25) is 0 Å². The van der Waals surface area contributed by atoms with Gasteiger partial charge in [0.05, 0.1) is 18.1 Å². The van der Waals surface area contributed by atoms with Gasteiger partial charge in [-0.15, -0.1) is 0 Å². The van der Waals surface area contributed by atoms with Crippen molar-refractivity contribution >= 4 is 27.6 Å². The van der Waals surface area contributed by atoms with Crippen molar-refractivity contribution in [1.29, 1.82) is 0 Å². The summed E-state index contributed by atoms with van der Waals surface area (Å²) in [6, 6.07) is 5.93. The summed E-state index contributed by atoms with van der Waals surface area (Å²) in [5, 5.41) is 2.36. The second-order valence-electron chi connectivity index (χ2n) is 8.68. The van der Waals surface area contributed by atoms with Gasteiger partial charge in [-0.1, -0.05) is 12.1 Å². The van der Waals surface area contributed by atoms with Crippen LogP contribution in [0.1, 0.15) is 18.4 Å². The highest BCUT2D eigenvalue weighted by Crippen LogP contribution is 2.32. The topological polar surface area (TPSA) is 122 Å². The molecule has 1 aromatic carbocycles. The number of carbonyl (C=O) groups excluding carboxylic acids is 3. The van der Waals surface area contributed by atoms with Gasteiger partial charge in [0.1, 0.15) is 12.6 Å². The largest absolute Gasteiger partial charge is 0.484 e. The zero-order valence-electron chi connectivity index (χ0n) is 18.9. The minimum Gasteiger partial charge on any atom is -0.484 e. The van der Waals surface area contributed by atoms with Gasteiger partial charge in [-0.3, -0.25) is 19.7 Å². The number of amides is 2. The van der Waals surface area contributed by atoms with Gasteiger partial charge in [-0.2, -0.15) is 4.31 Å². The second kappa shape index (κ2) is 9.40. The molecule has 1 unspecified atom stereocenters. The molecule has 3 aliphatic heterocycles. The lowest BCUT2D eigenvalue weighted by Gasteiger charge is -2.29. The van der Waals surface area contributed by atoms with Crippen LogP contribution in [0.5, 0.6) is 0 Å². The van der Waals surface area contributed by atoms with Gasteiger partial charge >= 0.3 is 0 Å². The fraction of sp³-hybridized carbons (Fsp3) is 0.375. The first-order valence-electron chi connectivity index (χ1n) is 11.4. The average Bonchev–Trinajstić information content (AvgIpc) is 3.28. The molecule has 4 aliphatic rings. The molecule has 0 saturated carbocycles. The number of hydrogen-bond acceptors (Lipinski definition) is 8. The minimum atomic E-state index is -3.59. The zero-order chi connectivity index (χ0) is 24.6. The van der Waals surface area contributed by atoms with Crippen LogP contribution in [0.3, 0.4) is 0 Å². The second-order valence-corrected chi connectivity index (χ2v) is 10.6. The zero-order valence-corrected chi connectivity index (χ0v) is 19.8. The van der Waals surface area contributed by atoms with E-state index in [1.165, 1.54) is 22.5 Å². The number of rotatable bonds is 6. The van der Waals surface area contributed by atoms with E-state index >= 15 is 0 Å². The van der Waals surface area contributed by atoms with Crippen LogP contribution >= 0.6 is 0 Å². The van der Waals surface area contributed by atoms with E-state index in [0.717, 1.165) is 5.57 Å². The lowest BCUT2D eigenvalue weighted by molar-refractivity contribution is -0.136. The van der Waals surface area contributed by atoms with Gasteiger partial charge in [0, 0.05) is 37.8 Å². The number of hydrogen-bond donors (Lipinski definition) is 1. The standard InChI is InChI=1S/C24H25N3O7S/c28-21-7-3-17-13-26(20-6-8-22(29)25-24(20)30)14-19(17)23(21)34-15-16-1-4-18(5-2-16)35(31,32)27-9-11-33-12-10-27/h1-5,7,13,20H,6,8-12,14-15H2,(H,25,29,30). The van der Waals surface area contributed by atoms with E-state index in [2.05, 4.69) is 5.32 Å². The van der Waals surface area contributed by atoms with E-state index in [4.69, 9.17) is 9.47 Å². The summed E-state index contributed by atoms with van der Waals surface area (Å²) in [6.07, 6.45) is 5.62. The molecule has 1 aromatic rings. The van der Waals surface area contributed by atoms with E-state index in [1.807, 2.05) is 11.1 Å². The molecule has 184 valence electrons. The minimum absolute atomic E-state index is 0.0853. The summed E-state index contributed by atoms with van der Waals surface area (Å²) in [7, 11) is -3.59. The van der Waals surface area contributed by atoms with E-state index in [0.29, 0.717) is 50.4 Å². The molecule has 0 bridgehead atoms. The van der Waals surface area contributed by atoms with Crippen molar-refractivity contribution in [2.45, 2.75) is 30.4 Å². The third kappa shape index (κ3) is 4.66. The smallest absolute Gasteiger partial charge is 0.249 e. The van der Waals surface area contributed by atoms with E-state index in [9.17, 15) is 22.8 Å². The average molecular weight is 500 g/mol. The number of benzene rings is 1. The molecular weight excluding hydrogens is 474 g/mol. The van der Waals surface area contributed by atoms with Crippen LogP contribution in [0.25, 0.3) is 0 Å². The van der Waals surface area contributed by atoms with Gasteiger partial charge in [0.2, 0.25) is 27.6 Å². The summed E-state index contributed by atoms with van der Waals surface area (Å²) in [4.78, 5) is 38.3. The number of imide groups is 1. The lowest BCUT2D eigenvalue weighted by atomic mass is 10.00. The first-order valence-corrected chi connectivity index (χ1v) is 12.8. The lowest BCUT2D eigenvalue weighted by Crippen LogP contribution is -2.50. The van der Waals surface area contributed by atoms with Crippen molar-refractivity contribution in [3.63, 3.8) is 0 Å². The summed E-state index contributed by atoms with van der Waals surface area (Å²) in [6.45, 7) is 1.81. The molecule has 2 amide bonds. The molecule has 35 heavy (non-hydrogen) atoms. The van der Waals surface area contributed by atoms with E-state index in [-0.39, 0.29) is 41.3 Å². The van der Waals surface area contributed by atoms with Crippen LogP contribution in [0.15, 0.2) is 64.4 Å². The van der Waals surface area contributed by atoms with Gasteiger partial charge in [0.15, 0.2) is 5.76 Å². The molecule has 0 spiro atoms. The molecule has 11 heteroatoms. The number of morpholine rings is 1. The summed E-state index contributed by atoms with van der Waals surface area (Å²) in [5.41, 5.74) is 2.19. The van der Waals surface area contributed by atoms with Crippen molar-refractivity contribution in [3.05, 3.63) is 65.1 Å². The Hall–Kier alpha value is -3.28. The van der Waals surface area contributed by atoms with Crippen molar-refractivity contribution in [2.24, 2.45) is 0 Å². The normalized spacial score (nSPS) is 23.3. The highest BCUT2D eigenvalue weighted by molar-refractivity contribution is 7.89. The Morgan fingerprint density at radius 1 is 1.06 bits per heavy atom. The maximum atomic E-state index is 12.8. The number of ketones is 1. The summed E-state index contributed by atoms with van der Waals surface area (Å²) in [5.74, 6) is -0.688. The Morgan fingerprint density at radius 3 is 2.51 bits per heavy atom. The molecule has 0 aromatic heterocycles. The quantitative estimate of drug-likeness (QED) is 0.566. The van der Waals surface area contributed by atoms with Gasteiger partial charge < -0.3 is 14.4 Å². The Balaban J connectivity index is 1.28. The molecule has 0 radical (unpaired) electrons. The molecule has 1 aliphatic carbocycles. The van der Waals surface area contributed by atoms with Crippen molar-refractivity contribution in [2.75, 3.05) is 32.8 Å². The fourth-order valence-electron chi connectivity index (χ4n) is 4.52. The van der Waals surface area contributed by atoms with E-state index in [1.54, 1.807) is 18.2 Å². The van der Waals surface area contributed by atoms with Crippen molar-refractivity contribution in [1.82, 2.24) is 14.5 Å². The molecule has 1 atom stereocenters. The highest BCUT2D eigenvalue weighted by Gasteiger charge is 2.36. The van der Waals surface area contributed by atoms with Crippen LogP contribution in [0.4, 0.5) is 0 Å². The van der Waals surface area contributed by atoms with E-state index < -0.39 is 16.1 Å². The first kappa shape index (κ1) is 23.5. The predicted octanol–water partition coefficient (Wildman–Crippen LogP) is 0.622. The van der Waals surface area contributed by atoms with Gasteiger partial charge in [0.25, 0.3) is 0 Å². The number of ether oxygens (including phenoxy) is 2. The Kier molecular flexibility index (Phi) is 6.30. The highest BCUT2D eigenvalue weighted by atomic mass is 32.2. The Labute approximate surface area is 202 Å². The SMILES string of the molecule is O=C1CCC(N2C=C3C=CC(=O)C(OCc4ccc(S(=O)(=O)N5CCOCC5)cc4)=C3C2)C(=O)N1. The van der Waals surface area contributed by atoms with Crippen molar-refractivity contribution in [3.8, 4) is 0 Å². The first-order chi connectivity index (χ1) is 16.8.